The van der Waals surface area contributed by atoms with Gasteiger partial charge in [-0.05, 0) is 37.1 Å². The Morgan fingerprint density at radius 1 is 1.00 bits per heavy atom. The molecule has 0 fully saturated rings. The molecule has 1 atom stereocenters. The van der Waals surface area contributed by atoms with Crippen molar-refractivity contribution in [3.8, 4) is 0 Å². The first kappa shape index (κ1) is 21.5. The monoisotopic (exact) mass is 381 g/mol. The van der Waals surface area contributed by atoms with E-state index in [1.165, 1.54) is 6.92 Å². The van der Waals surface area contributed by atoms with Crippen molar-refractivity contribution >= 4 is 17.5 Å². The fourth-order valence-corrected chi connectivity index (χ4v) is 3.10. The minimum absolute atomic E-state index is 0.0264. The van der Waals surface area contributed by atoms with Gasteiger partial charge in [-0.25, -0.2) is 0 Å². The van der Waals surface area contributed by atoms with Crippen LogP contribution in [0.5, 0.6) is 0 Å². The van der Waals surface area contributed by atoms with Crippen LogP contribution in [0.15, 0.2) is 48.5 Å². The number of nitrogens with zero attached hydrogens (tertiary/aromatic N) is 2. The van der Waals surface area contributed by atoms with E-state index >= 15 is 0 Å². The van der Waals surface area contributed by atoms with Crippen molar-refractivity contribution in [2.24, 2.45) is 0 Å². The quantitative estimate of drug-likeness (QED) is 0.759. The number of aryl methyl sites for hydroxylation is 1. The number of benzene rings is 2. The van der Waals surface area contributed by atoms with Crippen LogP contribution in [0.3, 0.4) is 0 Å². The highest BCUT2D eigenvalue weighted by atomic mass is 16.2. The molecule has 2 aromatic rings. The molecule has 0 bridgehead atoms. The van der Waals surface area contributed by atoms with E-state index in [4.69, 9.17) is 0 Å². The summed E-state index contributed by atoms with van der Waals surface area (Å²) in [7, 11) is 4.01. The summed E-state index contributed by atoms with van der Waals surface area (Å²) in [5, 5.41) is 2.92. The van der Waals surface area contributed by atoms with Crippen LogP contribution < -0.4 is 10.2 Å². The van der Waals surface area contributed by atoms with Crippen LogP contribution in [0.1, 0.15) is 43.0 Å². The molecule has 0 heterocycles. The molecule has 0 spiro atoms. The van der Waals surface area contributed by atoms with Crippen molar-refractivity contribution in [3.05, 3.63) is 65.2 Å². The van der Waals surface area contributed by atoms with E-state index in [9.17, 15) is 9.59 Å². The van der Waals surface area contributed by atoms with Gasteiger partial charge < -0.3 is 15.1 Å². The zero-order valence-electron chi connectivity index (χ0n) is 17.5. The molecule has 5 nitrogen and oxygen atoms in total. The van der Waals surface area contributed by atoms with Crippen molar-refractivity contribution in [2.75, 3.05) is 25.5 Å². The third-order valence-electron chi connectivity index (χ3n) is 4.80. The van der Waals surface area contributed by atoms with Gasteiger partial charge in [0, 0.05) is 39.8 Å². The summed E-state index contributed by atoms with van der Waals surface area (Å²) in [6, 6.07) is 15.8. The van der Waals surface area contributed by atoms with Gasteiger partial charge in [0.2, 0.25) is 11.8 Å². The predicted octanol–water partition coefficient (Wildman–Crippen LogP) is 3.68. The lowest BCUT2D eigenvalue weighted by Crippen LogP contribution is -2.35. The molecule has 0 aliphatic heterocycles. The molecule has 0 saturated heterocycles. The highest BCUT2D eigenvalue weighted by molar-refractivity contribution is 5.79. The molecular formula is C23H31N3O2. The van der Waals surface area contributed by atoms with E-state index in [0.717, 1.165) is 22.4 Å². The third-order valence-corrected chi connectivity index (χ3v) is 4.80. The van der Waals surface area contributed by atoms with Crippen molar-refractivity contribution in [1.29, 1.82) is 0 Å². The van der Waals surface area contributed by atoms with Gasteiger partial charge in [-0.2, -0.15) is 0 Å². The first-order valence-corrected chi connectivity index (χ1v) is 9.67. The number of carbonyl (C=O) groups is 2. The maximum atomic E-state index is 13.0. The van der Waals surface area contributed by atoms with Crippen molar-refractivity contribution in [3.63, 3.8) is 0 Å². The van der Waals surface area contributed by atoms with Crippen LogP contribution in [0, 0.1) is 6.92 Å². The highest BCUT2D eigenvalue weighted by Crippen LogP contribution is 2.20. The Morgan fingerprint density at radius 2 is 1.61 bits per heavy atom. The van der Waals surface area contributed by atoms with E-state index < -0.39 is 0 Å². The summed E-state index contributed by atoms with van der Waals surface area (Å²) in [5.41, 5.74) is 4.31. The molecular weight excluding hydrogens is 350 g/mol. The molecule has 28 heavy (non-hydrogen) atoms. The van der Waals surface area contributed by atoms with E-state index in [-0.39, 0.29) is 24.3 Å². The Kier molecular flexibility index (Phi) is 7.61. The van der Waals surface area contributed by atoms with Gasteiger partial charge in [-0.3, -0.25) is 9.59 Å². The number of rotatable bonds is 8. The van der Waals surface area contributed by atoms with Gasteiger partial charge in [0.05, 0.1) is 12.5 Å². The SMILES string of the molecule is CCN(Cc1ccc(N(C)C)cc1)C(=O)CC(NC(C)=O)c1ccc(C)cc1. The highest BCUT2D eigenvalue weighted by Gasteiger charge is 2.21. The zero-order chi connectivity index (χ0) is 20.7. The summed E-state index contributed by atoms with van der Waals surface area (Å²) in [6.07, 6.45) is 0.242. The van der Waals surface area contributed by atoms with Crippen molar-refractivity contribution < 1.29 is 9.59 Å². The molecule has 0 saturated carbocycles. The Bertz CT molecular complexity index is 782. The second-order valence-corrected chi connectivity index (χ2v) is 7.34. The maximum absolute atomic E-state index is 13.0. The van der Waals surface area contributed by atoms with Gasteiger partial charge in [0.25, 0.3) is 0 Å². The minimum atomic E-state index is -0.323. The van der Waals surface area contributed by atoms with Crippen LogP contribution in [-0.2, 0) is 16.1 Å². The normalized spacial score (nSPS) is 11.6. The summed E-state index contributed by atoms with van der Waals surface area (Å²) in [6.45, 7) is 6.66. The largest absolute Gasteiger partial charge is 0.378 e. The molecule has 5 heteroatoms. The van der Waals surface area contributed by atoms with Gasteiger partial charge >= 0.3 is 0 Å². The van der Waals surface area contributed by atoms with Crippen LogP contribution >= 0.6 is 0 Å². The third kappa shape index (κ3) is 6.12. The lowest BCUT2D eigenvalue weighted by atomic mass is 10.0. The molecule has 0 radical (unpaired) electrons. The van der Waals surface area contributed by atoms with Gasteiger partial charge in [0.1, 0.15) is 0 Å². The van der Waals surface area contributed by atoms with Gasteiger partial charge in [-0.1, -0.05) is 42.0 Å². The second-order valence-electron chi connectivity index (χ2n) is 7.34. The van der Waals surface area contributed by atoms with Crippen LogP contribution in [0.25, 0.3) is 0 Å². The molecule has 2 amide bonds. The van der Waals surface area contributed by atoms with Gasteiger partial charge in [0.15, 0.2) is 0 Å². The molecule has 0 aliphatic carbocycles. The lowest BCUT2D eigenvalue weighted by Gasteiger charge is -2.25. The summed E-state index contributed by atoms with van der Waals surface area (Å²) in [4.78, 5) is 28.5. The Morgan fingerprint density at radius 3 is 2.11 bits per heavy atom. The average Bonchev–Trinajstić information content (AvgIpc) is 2.66. The Balaban J connectivity index is 2.10. The van der Waals surface area contributed by atoms with Crippen molar-refractivity contribution in [1.82, 2.24) is 10.2 Å². The zero-order valence-corrected chi connectivity index (χ0v) is 17.5. The standard InChI is InChI=1S/C23H31N3O2/c1-6-26(16-19-9-13-21(14-10-19)25(4)5)23(28)15-22(24-18(3)27)20-11-7-17(2)8-12-20/h7-14,22H,6,15-16H2,1-5H3,(H,24,27). The van der Waals surface area contributed by atoms with E-state index in [2.05, 4.69) is 29.6 Å². The Hall–Kier alpha value is -2.82. The summed E-state index contributed by atoms with van der Waals surface area (Å²) < 4.78 is 0. The topological polar surface area (TPSA) is 52.6 Å². The van der Waals surface area contributed by atoms with E-state index in [1.54, 1.807) is 0 Å². The predicted molar refractivity (Wildman–Crippen MR) is 114 cm³/mol. The first-order chi connectivity index (χ1) is 13.3. The number of anilines is 1. The van der Waals surface area contributed by atoms with Gasteiger partial charge in [-0.15, -0.1) is 0 Å². The second kappa shape index (κ2) is 9.93. The smallest absolute Gasteiger partial charge is 0.225 e. The number of nitrogens with one attached hydrogen (secondary N) is 1. The Labute approximate surface area is 168 Å². The fourth-order valence-electron chi connectivity index (χ4n) is 3.10. The molecule has 0 aliphatic rings. The molecule has 2 aromatic carbocycles. The molecule has 1 N–H and O–H groups in total. The van der Waals surface area contributed by atoms with Crippen LogP contribution in [-0.4, -0.2) is 37.4 Å². The number of hydrogen-bond acceptors (Lipinski definition) is 3. The average molecular weight is 382 g/mol. The van der Waals surface area contributed by atoms with Crippen LogP contribution in [0.2, 0.25) is 0 Å². The number of amides is 2. The molecule has 2 rings (SSSR count). The molecule has 1 unspecified atom stereocenters. The minimum Gasteiger partial charge on any atom is -0.378 e. The summed E-state index contributed by atoms with van der Waals surface area (Å²) >= 11 is 0. The molecule has 150 valence electrons. The summed E-state index contributed by atoms with van der Waals surface area (Å²) in [5.74, 6) is -0.112. The fraction of sp³-hybridized carbons (Fsp3) is 0.391. The van der Waals surface area contributed by atoms with Crippen LogP contribution in [0.4, 0.5) is 5.69 Å². The maximum Gasteiger partial charge on any atom is 0.225 e. The first-order valence-electron chi connectivity index (χ1n) is 9.67. The van der Waals surface area contributed by atoms with E-state index in [0.29, 0.717) is 13.1 Å². The lowest BCUT2D eigenvalue weighted by molar-refractivity contribution is -0.132. The number of hydrogen-bond donors (Lipinski definition) is 1. The van der Waals surface area contributed by atoms with Crippen molar-refractivity contribution in [2.45, 2.75) is 39.8 Å². The van der Waals surface area contributed by atoms with E-state index in [1.807, 2.05) is 62.0 Å². The molecule has 0 aromatic heterocycles. The number of carbonyl (C=O) groups excluding carboxylic acids is 2.